The molecular weight excluding hydrogens is 442 g/mol. The summed E-state index contributed by atoms with van der Waals surface area (Å²) in [6, 6.07) is 16.0. The molecule has 1 heterocycles. The third kappa shape index (κ3) is 5.97. The Hall–Kier alpha value is -3.03. The average Bonchev–Trinajstić information content (AvgIpc) is 3.68. The predicted molar refractivity (Wildman–Crippen MR) is 137 cm³/mol. The number of aliphatic hydroxyl groups excluding tert-OH is 1. The fourth-order valence-corrected chi connectivity index (χ4v) is 4.41. The highest BCUT2D eigenvalue weighted by atomic mass is 16.5. The molecular formula is C28H37N3O4. The fourth-order valence-electron chi connectivity index (χ4n) is 4.41. The van der Waals surface area contributed by atoms with E-state index in [4.69, 9.17) is 19.3 Å². The summed E-state index contributed by atoms with van der Waals surface area (Å²) in [5, 5.41) is 15.6. The molecule has 0 amide bonds. The number of para-hydroxylation sites is 2. The number of hydrogen-bond donors (Lipinski definition) is 1. The molecule has 1 saturated carbocycles. The second kappa shape index (κ2) is 11.6. The molecule has 0 unspecified atom stereocenters. The highest BCUT2D eigenvalue weighted by Crippen LogP contribution is 2.38. The molecule has 1 N–H and O–H groups in total. The molecule has 1 aliphatic carbocycles. The molecule has 35 heavy (non-hydrogen) atoms. The largest absolute Gasteiger partial charge is 0.497 e. The lowest BCUT2D eigenvalue weighted by atomic mass is 10.1. The SMILES string of the molecule is CCC[C@@H](O)CN(Cc1c(CC)nn(-c2ccc(OC)cc2)c1Oc1ccccc1OC)C1CC1. The molecule has 0 spiro atoms. The standard InChI is InChI=1S/C28H37N3O4/c1-5-9-22(32)18-30(20-12-13-20)19-24-25(6-2)29-31(21-14-16-23(33-3)17-15-21)28(24)35-27-11-8-7-10-26(27)34-4/h7-8,10-11,14-17,20,22,32H,5-6,9,12-13,18-19H2,1-4H3/t22-/m1/s1. The predicted octanol–water partition coefficient (Wildman–Crippen LogP) is 5.37. The van der Waals surface area contributed by atoms with Crippen LogP contribution in [-0.4, -0.2) is 52.7 Å². The van der Waals surface area contributed by atoms with Gasteiger partial charge in [0.05, 0.1) is 37.3 Å². The quantitative estimate of drug-likeness (QED) is 0.355. The summed E-state index contributed by atoms with van der Waals surface area (Å²) in [4.78, 5) is 2.39. The zero-order valence-corrected chi connectivity index (χ0v) is 21.2. The smallest absolute Gasteiger partial charge is 0.227 e. The zero-order valence-electron chi connectivity index (χ0n) is 21.2. The van der Waals surface area contributed by atoms with Crippen LogP contribution in [0, 0.1) is 0 Å². The van der Waals surface area contributed by atoms with Crippen molar-refractivity contribution in [3.63, 3.8) is 0 Å². The molecule has 2 aromatic carbocycles. The van der Waals surface area contributed by atoms with Gasteiger partial charge < -0.3 is 19.3 Å². The average molecular weight is 480 g/mol. The number of aryl methyl sites for hydroxylation is 1. The van der Waals surface area contributed by atoms with Crippen molar-refractivity contribution in [2.75, 3.05) is 20.8 Å². The van der Waals surface area contributed by atoms with Crippen LogP contribution >= 0.6 is 0 Å². The Labute approximate surface area is 208 Å². The van der Waals surface area contributed by atoms with Gasteiger partial charge in [0.15, 0.2) is 11.5 Å². The van der Waals surface area contributed by atoms with Crippen molar-refractivity contribution in [2.45, 2.75) is 64.6 Å². The highest BCUT2D eigenvalue weighted by Gasteiger charge is 2.33. The van der Waals surface area contributed by atoms with Gasteiger partial charge in [-0.25, -0.2) is 4.68 Å². The van der Waals surface area contributed by atoms with Gasteiger partial charge in [0.1, 0.15) is 5.75 Å². The van der Waals surface area contributed by atoms with Gasteiger partial charge in [-0.15, -0.1) is 0 Å². The summed E-state index contributed by atoms with van der Waals surface area (Å²) in [6.45, 7) is 5.56. The van der Waals surface area contributed by atoms with Crippen molar-refractivity contribution >= 4 is 0 Å². The molecule has 0 bridgehead atoms. The highest BCUT2D eigenvalue weighted by molar-refractivity contribution is 5.48. The van der Waals surface area contributed by atoms with E-state index in [2.05, 4.69) is 18.7 Å². The van der Waals surface area contributed by atoms with Crippen LogP contribution in [0.3, 0.4) is 0 Å². The molecule has 1 aromatic heterocycles. The van der Waals surface area contributed by atoms with Gasteiger partial charge >= 0.3 is 0 Å². The first-order valence-corrected chi connectivity index (χ1v) is 12.6. The van der Waals surface area contributed by atoms with Crippen LogP contribution < -0.4 is 14.2 Å². The lowest BCUT2D eigenvalue weighted by Crippen LogP contribution is -2.34. The van der Waals surface area contributed by atoms with Crippen molar-refractivity contribution in [2.24, 2.45) is 0 Å². The van der Waals surface area contributed by atoms with Gasteiger partial charge in [0, 0.05) is 19.1 Å². The van der Waals surface area contributed by atoms with Gasteiger partial charge in [-0.2, -0.15) is 5.10 Å². The maximum absolute atomic E-state index is 10.6. The number of rotatable bonds is 13. The molecule has 7 heteroatoms. The topological polar surface area (TPSA) is 69.0 Å². The van der Waals surface area contributed by atoms with Gasteiger partial charge in [0.2, 0.25) is 5.88 Å². The maximum Gasteiger partial charge on any atom is 0.227 e. The Morgan fingerprint density at radius 3 is 2.34 bits per heavy atom. The number of ether oxygens (including phenoxy) is 3. The minimum Gasteiger partial charge on any atom is -0.497 e. The molecule has 188 valence electrons. The van der Waals surface area contributed by atoms with Crippen LogP contribution in [0.2, 0.25) is 0 Å². The first kappa shape index (κ1) is 25.1. The van der Waals surface area contributed by atoms with Gasteiger partial charge in [-0.3, -0.25) is 4.90 Å². The minimum atomic E-state index is -0.333. The van der Waals surface area contributed by atoms with E-state index in [0.717, 1.165) is 54.8 Å². The molecule has 0 saturated heterocycles. The number of aliphatic hydroxyl groups is 1. The molecule has 7 nitrogen and oxygen atoms in total. The number of methoxy groups -OCH3 is 2. The second-order valence-electron chi connectivity index (χ2n) is 9.05. The molecule has 1 atom stereocenters. The van der Waals surface area contributed by atoms with Crippen molar-refractivity contribution < 1.29 is 19.3 Å². The molecule has 0 aliphatic heterocycles. The zero-order chi connectivity index (χ0) is 24.8. The third-order valence-electron chi connectivity index (χ3n) is 6.44. The van der Waals surface area contributed by atoms with E-state index in [1.165, 1.54) is 0 Å². The first-order chi connectivity index (χ1) is 17.1. The Kier molecular flexibility index (Phi) is 8.31. The lowest BCUT2D eigenvalue weighted by Gasteiger charge is -2.25. The van der Waals surface area contributed by atoms with Crippen molar-refractivity contribution in [1.29, 1.82) is 0 Å². The number of nitrogens with zero attached hydrogens (tertiary/aromatic N) is 3. The summed E-state index contributed by atoms with van der Waals surface area (Å²) in [6.07, 6.45) is 4.54. The fraction of sp³-hybridized carbons (Fsp3) is 0.464. The second-order valence-corrected chi connectivity index (χ2v) is 9.05. The number of hydrogen-bond acceptors (Lipinski definition) is 6. The molecule has 0 radical (unpaired) electrons. The molecule has 1 fully saturated rings. The summed E-state index contributed by atoms with van der Waals surface area (Å²) < 4.78 is 19.3. The Morgan fingerprint density at radius 2 is 1.74 bits per heavy atom. The van der Waals surface area contributed by atoms with Crippen LogP contribution in [0.1, 0.15) is 50.8 Å². The third-order valence-corrected chi connectivity index (χ3v) is 6.44. The van der Waals surface area contributed by atoms with Crippen molar-refractivity contribution in [3.8, 4) is 28.8 Å². The summed E-state index contributed by atoms with van der Waals surface area (Å²) in [5.74, 6) is 2.76. The van der Waals surface area contributed by atoms with Crippen LogP contribution in [0.4, 0.5) is 0 Å². The van der Waals surface area contributed by atoms with E-state index in [-0.39, 0.29) is 6.10 Å². The minimum absolute atomic E-state index is 0.333. The van der Waals surface area contributed by atoms with Crippen LogP contribution in [0.25, 0.3) is 5.69 Å². The number of aromatic nitrogens is 2. The normalized spacial score (nSPS) is 14.2. The van der Waals surface area contributed by atoms with Crippen LogP contribution in [-0.2, 0) is 13.0 Å². The van der Waals surface area contributed by atoms with Crippen molar-refractivity contribution in [3.05, 3.63) is 59.8 Å². The van der Waals surface area contributed by atoms with E-state index in [9.17, 15) is 5.11 Å². The Bertz CT molecular complexity index is 1090. The summed E-state index contributed by atoms with van der Waals surface area (Å²) in [7, 11) is 3.30. The number of benzene rings is 2. The first-order valence-electron chi connectivity index (χ1n) is 12.6. The Balaban J connectivity index is 1.76. The molecule has 3 aromatic rings. The maximum atomic E-state index is 10.6. The van der Waals surface area contributed by atoms with Crippen LogP contribution in [0.5, 0.6) is 23.1 Å². The lowest BCUT2D eigenvalue weighted by molar-refractivity contribution is 0.0961. The summed E-state index contributed by atoms with van der Waals surface area (Å²) in [5.41, 5.74) is 2.92. The van der Waals surface area contributed by atoms with Gasteiger partial charge in [0.25, 0.3) is 0 Å². The van der Waals surface area contributed by atoms with E-state index in [0.29, 0.717) is 36.5 Å². The monoisotopic (exact) mass is 479 g/mol. The van der Waals surface area contributed by atoms with Gasteiger partial charge in [-0.05, 0) is 62.1 Å². The van der Waals surface area contributed by atoms with Crippen LogP contribution in [0.15, 0.2) is 48.5 Å². The molecule has 4 rings (SSSR count). The van der Waals surface area contributed by atoms with Crippen molar-refractivity contribution in [1.82, 2.24) is 14.7 Å². The van der Waals surface area contributed by atoms with E-state index in [1.54, 1.807) is 14.2 Å². The Morgan fingerprint density at radius 1 is 1.03 bits per heavy atom. The molecule has 1 aliphatic rings. The van der Waals surface area contributed by atoms with E-state index in [1.807, 2.05) is 53.2 Å². The van der Waals surface area contributed by atoms with E-state index < -0.39 is 0 Å². The van der Waals surface area contributed by atoms with Gasteiger partial charge in [-0.1, -0.05) is 32.4 Å². The summed E-state index contributed by atoms with van der Waals surface area (Å²) >= 11 is 0. The van der Waals surface area contributed by atoms with E-state index >= 15 is 0 Å².